The molecule has 4 N–H and O–H groups in total. The first-order valence-corrected chi connectivity index (χ1v) is 6.80. The summed E-state index contributed by atoms with van der Waals surface area (Å²) in [6, 6.07) is 5.98. The van der Waals surface area contributed by atoms with Crippen LogP contribution in [0.25, 0.3) is 0 Å². The molecule has 0 aliphatic heterocycles. The molecule has 0 unspecified atom stereocenters. The Kier molecular flexibility index (Phi) is 3.81. The van der Waals surface area contributed by atoms with Crippen LogP contribution < -0.4 is 11.1 Å². The van der Waals surface area contributed by atoms with E-state index in [1.54, 1.807) is 0 Å². The van der Waals surface area contributed by atoms with E-state index in [2.05, 4.69) is 18.3 Å². The van der Waals surface area contributed by atoms with Crippen LogP contribution >= 0.6 is 0 Å². The number of benzene rings is 1. The normalized spacial score (nSPS) is 28.1. The summed E-state index contributed by atoms with van der Waals surface area (Å²) in [6.07, 6.45) is 4.44. The van der Waals surface area contributed by atoms with Gasteiger partial charge >= 0.3 is 0 Å². The molecule has 18 heavy (non-hydrogen) atoms. The molecule has 3 nitrogen and oxygen atoms in total. The van der Waals surface area contributed by atoms with E-state index in [-0.39, 0.29) is 12.1 Å². The molecule has 100 valence electrons. The Hall–Kier alpha value is -1.22. The van der Waals surface area contributed by atoms with E-state index < -0.39 is 0 Å². The molecule has 0 bridgehead atoms. The fraction of sp³-hybridized carbons (Fsp3) is 0.600. The van der Waals surface area contributed by atoms with Crippen LogP contribution in [0.2, 0.25) is 0 Å². The second-order valence-electron chi connectivity index (χ2n) is 5.82. The molecule has 0 atom stereocenters. The van der Waals surface area contributed by atoms with Crippen LogP contribution in [-0.4, -0.2) is 17.3 Å². The van der Waals surface area contributed by atoms with E-state index in [0.717, 1.165) is 35.7 Å². The van der Waals surface area contributed by atoms with Crippen LogP contribution in [0.5, 0.6) is 0 Å². The average molecular weight is 248 g/mol. The van der Waals surface area contributed by atoms with Gasteiger partial charge in [-0.1, -0.05) is 6.92 Å². The minimum Gasteiger partial charge on any atom is -0.399 e. The van der Waals surface area contributed by atoms with Crippen LogP contribution in [0.4, 0.5) is 11.4 Å². The molecule has 0 heterocycles. The standard InChI is InChI=1S/C15H24N2O/c1-11-5-7-15(10-18,8-6-11)17-13-3-4-14(16)12(2)9-13/h3-4,9,11,17-18H,5-8,10,16H2,1-2H3. The number of aryl methyl sites for hydroxylation is 1. The zero-order valence-electron chi connectivity index (χ0n) is 11.4. The molecule has 1 aliphatic rings. The lowest BCUT2D eigenvalue weighted by Crippen LogP contribution is -2.45. The van der Waals surface area contributed by atoms with Crippen molar-refractivity contribution in [2.75, 3.05) is 17.7 Å². The summed E-state index contributed by atoms with van der Waals surface area (Å²) in [4.78, 5) is 0. The molecular weight excluding hydrogens is 224 g/mol. The average Bonchev–Trinajstić information content (AvgIpc) is 2.37. The first-order chi connectivity index (χ1) is 8.54. The predicted octanol–water partition coefficient (Wildman–Crippen LogP) is 2.93. The molecule has 1 aromatic rings. The summed E-state index contributed by atoms with van der Waals surface area (Å²) in [6.45, 7) is 4.49. The van der Waals surface area contributed by atoms with Crippen molar-refractivity contribution < 1.29 is 5.11 Å². The predicted molar refractivity (Wildman–Crippen MR) is 76.7 cm³/mol. The number of nitrogens with one attached hydrogen (secondary N) is 1. The lowest BCUT2D eigenvalue weighted by Gasteiger charge is -2.39. The van der Waals surface area contributed by atoms with E-state index in [0.29, 0.717) is 0 Å². The van der Waals surface area contributed by atoms with Crippen molar-refractivity contribution in [1.29, 1.82) is 0 Å². The highest BCUT2D eigenvalue weighted by molar-refractivity contribution is 5.57. The van der Waals surface area contributed by atoms with Gasteiger partial charge in [-0.05, 0) is 62.3 Å². The Bertz CT molecular complexity index is 409. The number of anilines is 2. The second-order valence-corrected chi connectivity index (χ2v) is 5.82. The van der Waals surface area contributed by atoms with Gasteiger partial charge in [0.15, 0.2) is 0 Å². The number of nitrogens with two attached hydrogens (primary N) is 1. The van der Waals surface area contributed by atoms with Crippen LogP contribution in [0.15, 0.2) is 18.2 Å². The van der Waals surface area contributed by atoms with Gasteiger partial charge < -0.3 is 16.2 Å². The van der Waals surface area contributed by atoms with Gasteiger partial charge in [0, 0.05) is 11.4 Å². The molecule has 0 aromatic heterocycles. The van der Waals surface area contributed by atoms with Gasteiger partial charge in [-0.25, -0.2) is 0 Å². The summed E-state index contributed by atoms with van der Waals surface area (Å²) in [7, 11) is 0. The molecule has 0 amide bonds. The van der Waals surface area contributed by atoms with Crippen molar-refractivity contribution in [3.63, 3.8) is 0 Å². The largest absolute Gasteiger partial charge is 0.399 e. The van der Waals surface area contributed by atoms with Gasteiger partial charge in [0.25, 0.3) is 0 Å². The lowest BCUT2D eigenvalue weighted by atomic mass is 9.77. The van der Waals surface area contributed by atoms with E-state index in [1.807, 2.05) is 19.1 Å². The lowest BCUT2D eigenvalue weighted by molar-refractivity contribution is 0.155. The van der Waals surface area contributed by atoms with Crippen LogP contribution in [0, 0.1) is 12.8 Å². The summed E-state index contributed by atoms with van der Waals surface area (Å²) in [5, 5.41) is 13.3. The van der Waals surface area contributed by atoms with E-state index in [4.69, 9.17) is 5.73 Å². The summed E-state index contributed by atoms with van der Waals surface area (Å²) >= 11 is 0. The van der Waals surface area contributed by atoms with Crippen LogP contribution in [-0.2, 0) is 0 Å². The summed E-state index contributed by atoms with van der Waals surface area (Å²) in [5.41, 5.74) is 8.64. The molecule has 1 fully saturated rings. The topological polar surface area (TPSA) is 58.3 Å². The molecule has 0 spiro atoms. The highest BCUT2D eigenvalue weighted by atomic mass is 16.3. The Morgan fingerprint density at radius 2 is 2.06 bits per heavy atom. The van der Waals surface area contributed by atoms with Gasteiger partial charge in [-0.15, -0.1) is 0 Å². The third kappa shape index (κ3) is 2.78. The maximum absolute atomic E-state index is 9.73. The maximum atomic E-state index is 9.73. The van der Waals surface area contributed by atoms with Crippen LogP contribution in [0.1, 0.15) is 38.2 Å². The first-order valence-electron chi connectivity index (χ1n) is 6.80. The molecule has 1 aromatic carbocycles. The highest BCUT2D eigenvalue weighted by Gasteiger charge is 2.33. The van der Waals surface area contributed by atoms with Gasteiger partial charge in [0.05, 0.1) is 12.1 Å². The van der Waals surface area contributed by atoms with Crippen LogP contribution in [0.3, 0.4) is 0 Å². The van der Waals surface area contributed by atoms with E-state index in [9.17, 15) is 5.11 Å². The Balaban J connectivity index is 2.12. The first kappa shape index (κ1) is 13.2. The van der Waals surface area contributed by atoms with Crippen molar-refractivity contribution in [2.45, 2.75) is 45.1 Å². The van der Waals surface area contributed by atoms with Gasteiger partial charge in [-0.3, -0.25) is 0 Å². The molecular formula is C15H24N2O. The minimum atomic E-state index is -0.144. The molecule has 0 radical (unpaired) electrons. The molecule has 3 heteroatoms. The molecule has 0 saturated heterocycles. The van der Waals surface area contributed by atoms with Crippen molar-refractivity contribution >= 4 is 11.4 Å². The summed E-state index contributed by atoms with van der Waals surface area (Å²) < 4.78 is 0. The van der Waals surface area contributed by atoms with Crippen molar-refractivity contribution in [2.24, 2.45) is 5.92 Å². The quantitative estimate of drug-likeness (QED) is 0.721. The van der Waals surface area contributed by atoms with Crippen molar-refractivity contribution in [3.05, 3.63) is 23.8 Å². The molecule has 1 saturated carbocycles. The van der Waals surface area contributed by atoms with Gasteiger partial charge in [0.2, 0.25) is 0 Å². The monoisotopic (exact) mass is 248 g/mol. The Morgan fingerprint density at radius 3 is 2.61 bits per heavy atom. The fourth-order valence-corrected chi connectivity index (χ4v) is 2.70. The van der Waals surface area contributed by atoms with E-state index >= 15 is 0 Å². The third-order valence-corrected chi connectivity index (χ3v) is 4.21. The number of aliphatic hydroxyl groups excluding tert-OH is 1. The van der Waals surface area contributed by atoms with Gasteiger partial charge in [0.1, 0.15) is 0 Å². The highest BCUT2D eigenvalue weighted by Crippen LogP contribution is 2.34. The minimum absolute atomic E-state index is 0.144. The zero-order valence-corrected chi connectivity index (χ0v) is 11.4. The fourth-order valence-electron chi connectivity index (χ4n) is 2.70. The van der Waals surface area contributed by atoms with Gasteiger partial charge in [-0.2, -0.15) is 0 Å². The Labute approximate surface area is 109 Å². The Morgan fingerprint density at radius 1 is 1.39 bits per heavy atom. The number of hydrogen-bond donors (Lipinski definition) is 3. The number of aliphatic hydroxyl groups is 1. The number of hydrogen-bond acceptors (Lipinski definition) is 3. The number of rotatable bonds is 3. The third-order valence-electron chi connectivity index (χ3n) is 4.21. The van der Waals surface area contributed by atoms with Crippen molar-refractivity contribution in [3.8, 4) is 0 Å². The maximum Gasteiger partial charge on any atom is 0.0661 e. The SMILES string of the molecule is Cc1cc(NC2(CO)CCC(C)CC2)ccc1N. The number of nitrogen functional groups attached to an aromatic ring is 1. The van der Waals surface area contributed by atoms with Crippen molar-refractivity contribution in [1.82, 2.24) is 0 Å². The zero-order chi connectivity index (χ0) is 13.2. The smallest absolute Gasteiger partial charge is 0.0661 e. The molecule has 2 rings (SSSR count). The van der Waals surface area contributed by atoms with E-state index in [1.165, 1.54) is 12.8 Å². The second kappa shape index (κ2) is 5.19. The summed E-state index contributed by atoms with van der Waals surface area (Å²) in [5.74, 6) is 0.777. The molecule has 1 aliphatic carbocycles.